The first kappa shape index (κ1) is 31.9. The van der Waals surface area contributed by atoms with E-state index in [1.165, 1.54) is 6.92 Å². The molecule has 8 heteroatoms. The Morgan fingerprint density at radius 2 is 1.74 bits per heavy atom. The van der Waals surface area contributed by atoms with Gasteiger partial charge in [-0.05, 0) is 80.3 Å². The van der Waals surface area contributed by atoms with Gasteiger partial charge in [0, 0.05) is 36.2 Å². The van der Waals surface area contributed by atoms with Gasteiger partial charge in [0.1, 0.15) is 6.10 Å². The van der Waals surface area contributed by atoms with E-state index in [1.807, 2.05) is 39.8 Å². The molecule has 2 unspecified atom stereocenters. The number of aliphatic carboxylic acids is 1. The Morgan fingerprint density at radius 3 is 2.31 bits per heavy atom. The minimum absolute atomic E-state index is 0.0916. The molecule has 0 aliphatic heterocycles. The summed E-state index contributed by atoms with van der Waals surface area (Å²) in [7, 11) is 0. The molecule has 8 nitrogen and oxygen atoms in total. The van der Waals surface area contributed by atoms with Gasteiger partial charge in [-0.15, -0.1) is 0 Å². The maximum Gasteiger partial charge on any atom is 0.331 e. The second kappa shape index (κ2) is 11.2. The summed E-state index contributed by atoms with van der Waals surface area (Å²) >= 11 is 0. The number of rotatable bonds is 7. The van der Waals surface area contributed by atoms with Gasteiger partial charge in [-0.2, -0.15) is 0 Å². The molecule has 4 aliphatic rings. The molecule has 3 saturated carbocycles. The number of carboxylic acids is 1. The van der Waals surface area contributed by atoms with Crippen molar-refractivity contribution < 1.29 is 38.6 Å². The Kier molecular flexibility index (Phi) is 8.53. The molecule has 0 radical (unpaired) electrons. The van der Waals surface area contributed by atoms with Gasteiger partial charge in [-0.1, -0.05) is 52.3 Å². The predicted octanol–water partition coefficient (Wildman–Crippen LogP) is 5.79. The highest BCUT2D eigenvalue weighted by atomic mass is 16.5. The van der Waals surface area contributed by atoms with Gasteiger partial charge in [0.2, 0.25) is 0 Å². The van der Waals surface area contributed by atoms with Gasteiger partial charge < -0.3 is 14.6 Å². The van der Waals surface area contributed by atoms with Crippen molar-refractivity contribution in [3.63, 3.8) is 0 Å². The Morgan fingerprint density at radius 1 is 1.07 bits per heavy atom. The third-order valence-electron chi connectivity index (χ3n) is 11.3. The first-order chi connectivity index (χ1) is 19.5. The maximum absolute atomic E-state index is 14.8. The highest BCUT2D eigenvalue weighted by Crippen LogP contribution is 2.73. The van der Waals surface area contributed by atoms with Gasteiger partial charge in [0.05, 0.1) is 0 Å². The minimum atomic E-state index is -1.12. The summed E-state index contributed by atoms with van der Waals surface area (Å²) in [6, 6.07) is 0. The molecular weight excluding hydrogens is 536 g/mol. The van der Waals surface area contributed by atoms with Crippen LogP contribution in [0.1, 0.15) is 93.9 Å². The number of Topliss-reactive ketones (excluding diaryl/α,β-unsaturated/α-hetero) is 1. The van der Waals surface area contributed by atoms with E-state index in [4.69, 9.17) is 9.47 Å². The minimum Gasteiger partial charge on any atom is -0.478 e. The molecule has 230 valence electrons. The smallest absolute Gasteiger partial charge is 0.331 e. The first-order valence-electron chi connectivity index (χ1n) is 15.3. The van der Waals surface area contributed by atoms with E-state index in [0.717, 1.165) is 5.57 Å². The SMILES string of the molecule is CCC(=O)O[C@H]1C[C@@]2(C)[C@@H](CCC3[C@@]4(C)C=CC(=O)[C@@H](C)C4[C@H](OC(C)=O)C(=O)[C@@]32C)/C1=C(\CCC=C(C)C)C(=O)O. The molecule has 0 aromatic rings. The number of carbonyl (C=O) groups excluding carboxylic acids is 4. The molecular formula is C34H46O8. The second-order valence-corrected chi connectivity index (χ2v) is 13.7. The molecule has 42 heavy (non-hydrogen) atoms. The van der Waals surface area contributed by atoms with Crippen molar-refractivity contribution >= 4 is 29.5 Å². The third kappa shape index (κ3) is 4.79. The van der Waals surface area contributed by atoms with Crippen molar-refractivity contribution in [1.29, 1.82) is 0 Å². The average Bonchev–Trinajstić information content (AvgIpc) is 3.19. The van der Waals surface area contributed by atoms with Crippen molar-refractivity contribution in [2.75, 3.05) is 0 Å². The lowest BCUT2D eigenvalue weighted by Crippen LogP contribution is -2.69. The van der Waals surface area contributed by atoms with Crippen LogP contribution in [-0.4, -0.2) is 46.8 Å². The van der Waals surface area contributed by atoms with Crippen LogP contribution in [0.25, 0.3) is 0 Å². The van der Waals surface area contributed by atoms with E-state index >= 15 is 0 Å². The van der Waals surface area contributed by atoms with Crippen LogP contribution in [0, 0.1) is 39.9 Å². The highest BCUT2D eigenvalue weighted by Gasteiger charge is 2.74. The Labute approximate surface area is 249 Å². The van der Waals surface area contributed by atoms with Crippen molar-refractivity contribution in [2.45, 2.75) is 106 Å². The monoisotopic (exact) mass is 582 g/mol. The van der Waals surface area contributed by atoms with Gasteiger partial charge in [0.25, 0.3) is 0 Å². The molecule has 1 N–H and O–H groups in total. The van der Waals surface area contributed by atoms with E-state index in [1.54, 1.807) is 19.9 Å². The summed E-state index contributed by atoms with van der Waals surface area (Å²) in [5.41, 5.74) is -0.510. The number of esters is 2. The van der Waals surface area contributed by atoms with Crippen molar-refractivity contribution in [3.8, 4) is 0 Å². The van der Waals surface area contributed by atoms with Crippen LogP contribution < -0.4 is 0 Å². The van der Waals surface area contributed by atoms with Crippen molar-refractivity contribution in [1.82, 2.24) is 0 Å². The summed E-state index contributed by atoms with van der Waals surface area (Å²) in [6.07, 6.45) is 6.13. The number of hydrogen-bond acceptors (Lipinski definition) is 7. The molecule has 0 bridgehead atoms. The van der Waals surface area contributed by atoms with E-state index in [0.29, 0.717) is 31.3 Å². The number of carboxylic acid groups (broad SMARTS) is 1. The van der Waals surface area contributed by atoms with E-state index in [2.05, 4.69) is 6.92 Å². The summed E-state index contributed by atoms with van der Waals surface area (Å²) in [5.74, 6) is -3.88. The maximum atomic E-state index is 14.8. The molecule has 0 spiro atoms. The Bertz CT molecular complexity index is 1280. The number of fused-ring (bicyclic) bond motifs is 5. The Hall–Kier alpha value is -3.03. The van der Waals surface area contributed by atoms with Gasteiger partial charge >= 0.3 is 17.9 Å². The van der Waals surface area contributed by atoms with Gasteiger partial charge in [-0.25, -0.2) is 4.79 Å². The topological polar surface area (TPSA) is 124 Å². The predicted molar refractivity (Wildman–Crippen MR) is 156 cm³/mol. The molecule has 3 fully saturated rings. The molecule has 0 saturated heterocycles. The van der Waals surface area contributed by atoms with Crippen molar-refractivity contribution in [2.24, 2.45) is 39.9 Å². The third-order valence-corrected chi connectivity index (χ3v) is 11.3. The lowest BCUT2D eigenvalue weighted by molar-refractivity contribution is -0.207. The number of hydrogen-bond donors (Lipinski definition) is 1. The lowest BCUT2D eigenvalue weighted by Gasteiger charge is -2.66. The fourth-order valence-corrected chi connectivity index (χ4v) is 9.23. The van der Waals surface area contributed by atoms with Gasteiger partial charge in [-0.3, -0.25) is 19.2 Å². The van der Waals surface area contributed by atoms with Crippen LogP contribution >= 0.6 is 0 Å². The molecule has 4 rings (SSSR count). The van der Waals surface area contributed by atoms with E-state index < -0.39 is 58.2 Å². The summed E-state index contributed by atoms with van der Waals surface area (Å²) in [6.45, 7) is 14.7. The fraction of sp³-hybridized carbons (Fsp3) is 0.676. The van der Waals surface area contributed by atoms with Crippen LogP contribution in [0.4, 0.5) is 0 Å². The zero-order valence-corrected chi connectivity index (χ0v) is 26.2. The summed E-state index contributed by atoms with van der Waals surface area (Å²) in [5, 5.41) is 10.4. The fourth-order valence-electron chi connectivity index (χ4n) is 9.23. The Balaban J connectivity index is 1.93. The normalized spacial score (nSPS) is 39.9. The van der Waals surface area contributed by atoms with Crippen LogP contribution in [0.2, 0.25) is 0 Å². The van der Waals surface area contributed by atoms with Crippen molar-refractivity contribution in [3.05, 3.63) is 34.9 Å². The summed E-state index contributed by atoms with van der Waals surface area (Å²) < 4.78 is 11.8. The second-order valence-electron chi connectivity index (χ2n) is 13.7. The molecule has 9 atom stereocenters. The van der Waals surface area contributed by atoms with Crippen LogP contribution in [0.3, 0.4) is 0 Å². The number of ether oxygens (including phenoxy) is 2. The van der Waals surface area contributed by atoms with Crippen LogP contribution in [0.5, 0.6) is 0 Å². The highest BCUT2D eigenvalue weighted by molar-refractivity contribution is 5.98. The molecule has 4 aliphatic carbocycles. The average molecular weight is 583 g/mol. The molecule has 0 aromatic carbocycles. The molecule has 0 aromatic heterocycles. The largest absolute Gasteiger partial charge is 0.478 e. The molecule has 0 amide bonds. The molecule has 0 heterocycles. The number of ketones is 2. The standard InChI is InChI=1S/C34H46O8/c1-9-26(37)42-24-17-33(7)22(27(24)21(31(39)40)12-10-11-18(2)3)13-14-25-32(6)16-15-23(36)19(4)28(32)29(41-20(5)35)30(38)34(25,33)8/h11,15-16,19,22,24-25,28-29H,9-10,12-14,17H2,1-8H3,(H,39,40)/b27-21-/t19-,22+,24+,25?,28?,29+,32-,33+,34-/m1/s1. The quantitative estimate of drug-likeness (QED) is 0.227. The zero-order valence-electron chi connectivity index (χ0n) is 26.2. The van der Waals surface area contributed by atoms with E-state index in [9.17, 15) is 29.1 Å². The zero-order chi connectivity index (χ0) is 31.4. The van der Waals surface area contributed by atoms with Crippen LogP contribution in [-0.2, 0) is 33.4 Å². The lowest BCUT2D eigenvalue weighted by atomic mass is 9.37. The first-order valence-corrected chi connectivity index (χ1v) is 15.3. The van der Waals surface area contributed by atoms with Crippen LogP contribution in [0.15, 0.2) is 34.9 Å². The van der Waals surface area contributed by atoms with E-state index in [-0.39, 0.29) is 41.8 Å². The number of carbonyl (C=O) groups is 5. The van der Waals surface area contributed by atoms with Gasteiger partial charge in [0.15, 0.2) is 17.7 Å². The summed E-state index contributed by atoms with van der Waals surface area (Å²) in [4.78, 5) is 65.4. The number of allylic oxidation sites excluding steroid dienone is 4.